The van der Waals surface area contributed by atoms with E-state index >= 15 is 0 Å². The number of anilines is 1. The number of rotatable bonds is 5. The van der Waals surface area contributed by atoms with Gasteiger partial charge in [-0.15, -0.1) is 6.58 Å². The minimum absolute atomic E-state index is 0.142. The number of unbranched alkanes of at least 4 members (excludes halogenated alkanes) is 1. The monoisotopic (exact) mass is 252 g/mol. The maximum atomic E-state index is 12.1. The molecule has 0 saturated heterocycles. The molecule has 0 atom stereocenters. The summed E-state index contributed by atoms with van der Waals surface area (Å²) in [7, 11) is 1.74. The number of amides is 1. The maximum Gasteiger partial charge on any atom is 0.257 e. The van der Waals surface area contributed by atoms with Gasteiger partial charge in [-0.05, 0) is 25.0 Å². The molecule has 0 spiro atoms. The Morgan fingerprint density at radius 2 is 2.29 bits per heavy atom. The number of halogens is 1. The van der Waals surface area contributed by atoms with E-state index in [1.807, 2.05) is 6.08 Å². The van der Waals surface area contributed by atoms with E-state index in [1.165, 1.54) is 0 Å². The van der Waals surface area contributed by atoms with Gasteiger partial charge in [0, 0.05) is 19.3 Å². The quantitative estimate of drug-likeness (QED) is 0.498. The fourth-order valence-electron chi connectivity index (χ4n) is 1.53. The smallest absolute Gasteiger partial charge is 0.257 e. The lowest BCUT2D eigenvalue weighted by Crippen LogP contribution is -2.28. The molecule has 1 aromatic rings. The van der Waals surface area contributed by atoms with Gasteiger partial charge in [0.2, 0.25) is 0 Å². The second-order valence-electron chi connectivity index (χ2n) is 3.86. The van der Waals surface area contributed by atoms with Crippen LogP contribution in [0.15, 0.2) is 30.9 Å². The summed E-state index contributed by atoms with van der Waals surface area (Å²) in [5, 5.41) is 0.394. The van der Waals surface area contributed by atoms with E-state index in [9.17, 15) is 4.79 Å². The van der Waals surface area contributed by atoms with Crippen LogP contribution in [0.1, 0.15) is 23.2 Å². The molecule has 2 N–H and O–H groups in total. The van der Waals surface area contributed by atoms with Gasteiger partial charge in [0.1, 0.15) is 0 Å². The summed E-state index contributed by atoms with van der Waals surface area (Å²) >= 11 is 5.99. The van der Waals surface area contributed by atoms with Crippen LogP contribution >= 0.6 is 11.6 Å². The number of hydrogen-bond acceptors (Lipinski definition) is 2. The average Bonchev–Trinajstić information content (AvgIpc) is 2.28. The highest BCUT2D eigenvalue weighted by molar-refractivity contribution is 6.34. The fraction of sp³-hybridized carbons (Fsp3) is 0.308. The molecular formula is C13H17ClN2O. The zero-order chi connectivity index (χ0) is 12.8. The first-order chi connectivity index (χ1) is 8.07. The SMILES string of the molecule is C=CCCCN(C)C(=O)c1c(N)cccc1Cl. The standard InChI is InChI=1S/C13H17ClN2O/c1-3-4-5-9-16(2)13(17)12-10(14)7-6-8-11(12)15/h3,6-8H,1,4-5,9,15H2,2H3. The van der Waals surface area contributed by atoms with Crippen molar-refractivity contribution in [2.45, 2.75) is 12.8 Å². The second-order valence-corrected chi connectivity index (χ2v) is 4.27. The molecule has 92 valence electrons. The Morgan fingerprint density at radius 1 is 1.59 bits per heavy atom. The topological polar surface area (TPSA) is 46.3 Å². The molecule has 1 amide bonds. The van der Waals surface area contributed by atoms with Crippen LogP contribution in [0, 0.1) is 0 Å². The van der Waals surface area contributed by atoms with E-state index in [1.54, 1.807) is 30.1 Å². The maximum absolute atomic E-state index is 12.1. The predicted molar refractivity (Wildman–Crippen MR) is 72.3 cm³/mol. The average molecular weight is 253 g/mol. The van der Waals surface area contributed by atoms with Crippen molar-refractivity contribution in [2.24, 2.45) is 0 Å². The Kier molecular flexibility index (Phi) is 5.04. The number of nitrogens with zero attached hydrogens (tertiary/aromatic N) is 1. The van der Waals surface area contributed by atoms with Gasteiger partial charge in [0.25, 0.3) is 5.91 Å². The van der Waals surface area contributed by atoms with Crippen LogP contribution in [0.2, 0.25) is 5.02 Å². The van der Waals surface area contributed by atoms with Crippen molar-refractivity contribution in [1.29, 1.82) is 0 Å². The number of carbonyl (C=O) groups excluding carboxylic acids is 1. The second kappa shape index (κ2) is 6.30. The highest BCUT2D eigenvalue weighted by Gasteiger charge is 2.17. The van der Waals surface area contributed by atoms with Crippen LogP contribution in [-0.4, -0.2) is 24.4 Å². The number of nitrogen functional groups attached to an aromatic ring is 1. The van der Waals surface area contributed by atoms with Crippen molar-refractivity contribution in [2.75, 3.05) is 19.3 Å². The summed E-state index contributed by atoms with van der Waals surface area (Å²) in [6.45, 7) is 4.31. The van der Waals surface area contributed by atoms with Crippen molar-refractivity contribution >= 4 is 23.2 Å². The van der Waals surface area contributed by atoms with Crippen molar-refractivity contribution in [3.05, 3.63) is 41.4 Å². The minimum Gasteiger partial charge on any atom is -0.398 e. The van der Waals surface area contributed by atoms with Crippen LogP contribution in [0.25, 0.3) is 0 Å². The number of allylic oxidation sites excluding steroid dienone is 1. The summed E-state index contributed by atoms with van der Waals surface area (Å²) in [6.07, 6.45) is 3.61. The molecule has 0 heterocycles. The van der Waals surface area contributed by atoms with Crippen molar-refractivity contribution < 1.29 is 4.79 Å². The molecule has 1 rings (SSSR count). The highest BCUT2D eigenvalue weighted by Crippen LogP contribution is 2.23. The van der Waals surface area contributed by atoms with Gasteiger partial charge in [-0.3, -0.25) is 4.79 Å². The van der Waals surface area contributed by atoms with Crippen LogP contribution in [-0.2, 0) is 0 Å². The minimum atomic E-state index is -0.142. The Hall–Kier alpha value is -1.48. The van der Waals surface area contributed by atoms with Crippen LogP contribution < -0.4 is 5.73 Å². The van der Waals surface area contributed by atoms with Gasteiger partial charge in [0.15, 0.2) is 0 Å². The molecule has 0 bridgehead atoms. The molecular weight excluding hydrogens is 236 g/mol. The Labute approximate surface area is 107 Å². The molecule has 0 aliphatic carbocycles. The van der Waals surface area contributed by atoms with E-state index in [0.717, 1.165) is 12.8 Å². The van der Waals surface area contributed by atoms with E-state index in [0.29, 0.717) is 22.8 Å². The summed E-state index contributed by atoms with van der Waals surface area (Å²) in [5.41, 5.74) is 6.57. The molecule has 0 saturated carbocycles. The van der Waals surface area contributed by atoms with Crippen molar-refractivity contribution in [1.82, 2.24) is 4.90 Å². The number of benzene rings is 1. The van der Waals surface area contributed by atoms with Crippen LogP contribution in [0.3, 0.4) is 0 Å². The molecule has 0 aromatic heterocycles. The van der Waals surface area contributed by atoms with Crippen LogP contribution in [0.4, 0.5) is 5.69 Å². The van der Waals surface area contributed by atoms with Crippen molar-refractivity contribution in [3.63, 3.8) is 0 Å². The lowest BCUT2D eigenvalue weighted by atomic mass is 10.1. The van der Waals surface area contributed by atoms with Crippen LogP contribution in [0.5, 0.6) is 0 Å². The highest BCUT2D eigenvalue weighted by atomic mass is 35.5. The van der Waals surface area contributed by atoms with E-state index in [2.05, 4.69) is 6.58 Å². The molecule has 4 heteroatoms. The van der Waals surface area contributed by atoms with E-state index in [4.69, 9.17) is 17.3 Å². The molecule has 3 nitrogen and oxygen atoms in total. The molecule has 0 aliphatic rings. The van der Waals surface area contributed by atoms with E-state index < -0.39 is 0 Å². The zero-order valence-corrected chi connectivity index (χ0v) is 10.7. The Bertz CT molecular complexity index is 398. The van der Waals surface area contributed by atoms with Gasteiger partial charge in [0.05, 0.1) is 10.6 Å². The van der Waals surface area contributed by atoms with E-state index in [-0.39, 0.29) is 5.91 Å². The molecule has 0 radical (unpaired) electrons. The third-order valence-corrected chi connectivity index (χ3v) is 2.82. The number of nitrogens with two attached hydrogens (primary N) is 1. The molecule has 0 unspecified atom stereocenters. The number of hydrogen-bond donors (Lipinski definition) is 1. The lowest BCUT2D eigenvalue weighted by Gasteiger charge is -2.18. The number of carbonyl (C=O) groups is 1. The molecule has 17 heavy (non-hydrogen) atoms. The first-order valence-electron chi connectivity index (χ1n) is 5.48. The Balaban J connectivity index is 2.78. The fourth-order valence-corrected chi connectivity index (χ4v) is 1.79. The summed E-state index contributed by atoms with van der Waals surface area (Å²) in [6, 6.07) is 5.07. The third kappa shape index (κ3) is 3.49. The zero-order valence-electron chi connectivity index (χ0n) is 9.95. The predicted octanol–water partition coefficient (Wildman–Crippen LogP) is 2.96. The van der Waals surface area contributed by atoms with Gasteiger partial charge in [-0.2, -0.15) is 0 Å². The first kappa shape index (κ1) is 13.6. The largest absolute Gasteiger partial charge is 0.398 e. The first-order valence-corrected chi connectivity index (χ1v) is 5.86. The summed E-state index contributed by atoms with van der Waals surface area (Å²) < 4.78 is 0. The molecule has 1 aromatic carbocycles. The molecule has 0 aliphatic heterocycles. The van der Waals surface area contributed by atoms with Gasteiger partial charge < -0.3 is 10.6 Å². The Morgan fingerprint density at radius 3 is 2.88 bits per heavy atom. The third-order valence-electron chi connectivity index (χ3n) is 2.51. The normalized spacial score (nSPS) is 10.0. The van der Waals surface area contributed by atoms with Gasteiger partial charge in [-0.1, -0.05) is 23.7 Å². The van der Waals surface area contributed by atoms with Gasteiger partial charge in [-0.25, -0.2) is 0 Å². The summed E-state index contributed by atoms with van der Waals surface area (Å²) in [5.74, 6) is -0.142. The van der Waals surface area contributed by atoms with Crippen molar-refractivity contribution in [3.8, 4) is 0 Å². The van der Waals surface area contributed by atoms with Gasteiger partial charge >= 0.3 is 0 Å². The summed E-state index contributed by atoms with van der Waals surface area (Å²) in [4.78, 5) is 13.7. The molecule has 0 fully saturated rings. The lowest BCUT2D eigenvalue weighted by molar-refractivity contribution is 0.0795.